The van der Waals surface area contributed by atoms with Crippen LogP contribution in [0, 0.1) is 12.8 Å². The molecule has 0 aromatic heterocycles. The molecular weight excluding hydrogens is 364 g/mol. The third kappa shape index (κ3) is 7.03. The van der Waals surface area contributed by atoms with Crippen molar-refractivity contribution in [1.82, 2.24) is 14.5 Å². The number of aryl methyl sites for hydroxylation is 1. The Labute approximate surface area is 163 Å². The number of hydrogen-bond acceptors (Lipinski definition) is 4. The van der Waals surface area contributed by atoms with E-state index in [0.29, 0.717) is 25.6 Å². The Kier molecular flexibility index (Phi) is 7.91. The number of ether oxygens (including phenoxy) is 1. The molecule has 0 atom stereocenters. The van der Waals surface area contributed by atoms with Gasteiger partial charge in [0.15, 0.2) is 5.96 Å². The molecule has 0 bridgehead atoms. The van der Waals surface area contributed by atoms with Crippen LogP contribution < -0.4 is 10.1 Å². The summed E-state index contributed by atoms with van der Waals surface area (Å²) in [6.45, 7) is 5.35. The van der Waals surface area contributed by atoms with E-state index in [4.69, 9.17) is 4.74 Å². The minimum atomic E-state index is -3.07. The number of guanidine groups is 1. The monoisotopic (exact) mass is 396 g/mol. The largest absolute Gasteiger partial charge is 0.492 e. The first-order valence-electron chi connectivity index (χ1n) is 9.36. The summed E-state index contributed by atoms with van der Waals surface area (Å²) in [6.07, 6.45) is 3.02. The molecule has 0 saturated carbocycles. The summed E-state index contributed by atoms with van der Waals surface area (Å²) in [6, 6.07) is 8.03. The van der Waals surface area contributed by atoms with E-state index >= 15 is 0 Å². The maximum Gasteiger partial charge on any atom is 0.211 e. The Balaban J connectivity index is 1.71. The highest BCUT2D eigenvalue weighted by molar-refractivity contribution is 7.88. The molecule has 0 amide bonds. The molecule has 27 heavy (non-hydrogen) atoms. The molecule has 152 valence electrons. The van der Waals surface area contributed by atoms with Gasteiger partial charge in [0.05, 0.1) is 12.8 Å². The van der Waals surface area contributed by atoms with Crippen LogP contribution in [0.15, 0.2) is 29.3 Å². The summed E-state index contributed by atoms with van der Waals surface area (Å²) in [7, 11) is 0.689. The standard InChI is InChI=1S/C19H32N4O3S/c1-16-5-7-18(8-6-16)26-14-13-22(3)19(20-2)21-15-17-9-11-23(12-10-17)27(4,24)25/h5-8,17H,9-15H2,1-4H3,(H,20,21). The third-order valence-corrected chi connectivity index (χ3v) is 6.18. The number of benzene rings is 1. The van der Waals surface area contributed by atoms with Crippen molar-refractivity contribution >= 4 is 16.0 Å². The van der Waals surface area contributed by atoms with Crippen molar-refractivity contribution in [2.45, 2.75) is 19.8 Å². The van der Waals surface area contributed by atoms with Crippen LogP contribution in [-0.4, -0.2) is 76.7 Å². The second-order valence-electron chi connectivity index (χ2n) is 7.12. The molecule has 7 nitrogen and oxygen atoms in total. The van der Waals surface area contributed by atoms with Crippen molar-refractivity contribution in [1.29, 1.82) is 0 Å². The summed E-state index contributed by atoms with van der Waals surface area (Å²) < 4.78 is 30.5. The van der Waals surface area contributed by atoms with Crippen LogP contribution in [0.25, 0.3) is 0 Å². The number of aliphatic imine (C=N–C) groups is 1. The van der Waals surface area contributed by atoms with Gasteiger partial charge < -0.3 is 15.0 Å². The molecule has 1 saturated heterocycles. The van der Waals surface area contributed by atoms with Crippen molar-refractivity contribution in [3.8, 4) is 5.75 Å². The second kappa shape index (κ2) is 9.94. The summed E-state index contributed by atoms with van der Waals surface area (Å²) >= 11 is 0. The molecule has 0 aliphatic carbocycles. The minimum Gasteiger partial charge on any atom is -0.492 e. The fourth-order valence-electron chi connectivity index (χ4n) is 3.11. The molecule has 1 aliphatic rings. The number of rotatable bonds is 7. The number of sulfonamides is 1. The Hall–Kier alpha value is -1.80. The number of hydrogen-bond donors (Lipinski definition) is 1. The van der Waals surface area contributed by atoms with E-state index in [0.717, 1.165) is 37.6 Å². The van der Waals surface area contributed by atoms with E-state index in [9.17, 15) is 8.42 Å². The van der Waals surface area contributed by atoms with Crippen molar-refractivity contribution in [3.05, 3.63) is 29.8 Å². The first-order chi connectivity index (χ1) is 12.8. The topological polar surface area (TPSA) is 74.2 Å². The fourth-order valence-corrected chi connectivity index (χ4v) is 3.98. The predicted molar refractivity (Wildman–Crippen MR) is 110 cm³/mol. The molecule has 1 aliphatic heterocycles. The van der Waals surface area contributed by atoms with Gasteiger partial charge in [-0.3, -0.25) is 4.99 Å². The highest BCUT2D eigenvalue weighted by Gasteiger charge is 2.25. The van der Waals surface area contributed by atoms with E-state index < -0.39 is 10.0 Å². The third-order valence-electron chi connectivity index (χ3n) is 4.88. The van der Waals surface area contributed by atoms with Gasteiger partial charge in [-0.05, 0) is 37.8 Å². The van der Waals surface area contributed by atoms with Gasteiger partial charge in [0.25, 0.3) is 0 Å². The molecule has 0 spiro atoms. The van der Waals surface area contributed by atoms with Crippen LogP contribution in [0.5, 0.6) is 5.75 Å². The number of nitrogens with zero attached hydrogens (tertiary/aromatic N) is 3. The van der Waals surface area contributed by atoms with Crippen molar-refractivity contribution in [3.63, 3.8) is 0 Å². The number of nitrogens with one attached hydrogen (secondary N) is 1. The first-order valence-corrected chi connectivity index (χ1v) is 11.2. The zero-order chi connectivity index (χ0) is 19.9. The van der Waals surface area contributed by atoms with Crippen molar-refractivity contribution in [2.75, 3.05) is 53.1 Å². The molecule has 1 heterocycles. The Bertz CT molecular complexity index is 711. The van der Waals surface area contributed by atoms with Crippen LogP contribution in [0.2, 0.25) is 0 Å². The highest BCUT2D eigenvalue weighted by atomic mass is 32.2. The average Bonchev–Trinajstić information content (AvgIpc) is 2.63. The van der Waals surface area contributed by atoms with E-state index in [1.807, 2.05) is 36.2 Å². The SMILES string of the molecule is CN=C(NCC1CCN(S(C)(=O)=O)CC1)N(C)CCOc1ccc(C)cc1. The van der Waals surface area contributed by atoms with Gasteiger partial charge in [-0.25, -0.2) is 12.7 Å². The van der Waals surface area contributed by atoms with Crippen LogP contribution in [0.4, 0.5) is 0 Å². The lowest BCUT2D eigenvalue weighted by Crippen LogP contribution is -2.45. The van der Waals surface area contributed by atoms with E-state index in [1.165, 1.54) is 11.8 Å². The Morgan fingerprint density at radius 1 is 1.30 bits per heavy atom. The molecule has 0 unspecified atom stereocenters. The number of piperidine rings is 1. The van der Waals surface area contributed by atoms with Gasteiger partial charge in [-0.2, -0.15) is 0 Å². The maximum absolute atomic E-state index is 11.6. The van der Waals surface area contributed by atoms with E-state index in [-0.39, 0.29) is 0 Å². The Morgan fingerprint density at radius 3 is 2.48 bits per heavy atom. The zero-order valence-electron chi connectivity index (χ0n) is 16.8. The second-order valence-corrected chi connectivity index (χ2v) is 9.10. The summed E-state index contributed by atoms with van der Waals surface area (Å²) in [5.41, 5.74) is 1.21. The van der Waals surface area contributed by atoms with Crippen LogP contribution >= 0.6 is 0 Å². The van der Waals surface area contributed by atoms with Crippen molar-refractivity contribution in [2.24, 2.45) is 10.9 Å². The predicted octanol–water partition coefficient (Wildman–Crippen LogP) is 1.55. The van der Waals surface area contributed by atoms with Gasteiger partial charge in [0, 0.05) is 33.7 Å². The van der Waals surface area contributed by atoms with E-state index in [2.05, 4.69) is 17.2 Å². The lowest BCUT2D eigenvalue weighted by Gasteiger charge is -2.31. The van der Waals surface area contributed by atoms with Crippen LogP contribution in [-0.2, 0) is 10.0 Å². The summed E-state index contributed by atoms with van der Waals surface area (Å²) in [5, 5.41) is 3.40. The Morgan fingerprint density at radius 2 is 1.93 bits per heavy atom. The highest BCUT2D eigenvalue weighted by Crippen LogP contribution is 2.18. The minimum absolute atomic E-state index is 0.456. The molecule has 1 N–H and O–H groups in total. The zero-order valence-corrected chi connectivity index (χ0v) is 17.6. The van der Waals surface area contributed by atoms with Gasteiger partial charge in [-0.1, -0.05) is 17.7 Å². The first kappa shape index (κ1) is 21.5. The summed E-state index contributed by atoms with van der Waals surface area (Å²) in [5.74, 6) is 2.15. The van der Waals surface area contributed by atoms with Gasteiger partial charge in [0.2, 0.25) is 10.0 Å². The smallest absolute Gasteiger partial charge is 0.211 e. The van der Waals surface area contributed by atoms with Gasteiger partial charge in [-0.15, -0.1) is 0 Å². The molecule has 1 aromatic carbocycles. The van der Waals surface area contributed by atoms with Gasteiger partial charge in [0.1, 0.15) is 12.4 Å². The summed E-state index contributed by atoms with van der Waals surface area (Å²) in [4.78, 5) is 6.37. The van der Waals surface area contributed by atoms with Crippen LogP contribution in [0.1, 0.15) is 18.4 Å². The molecule has 2 rings (SSSR count). The molecule has 1 fully saturated rings. The normalized spacial score (nSPS) is 17.0. The molecule has 0 radical (unpaired) electrons. The average molecular weight is 397 g/mol. The molecular formula is C19H32N4O3S. The lowest BCUT2D eigenvalue weighted by atomic mass is 9.98. The quantitative estimate of drug-likeness (QED) is 0.559. The molecule has 8 heteroatoms. The fraction of sp³-hybridized carbons (Fsp3) is 0.632. The molecule has 1 aromatic rings. The van der Waals surface area contributed by atoms with Gasteiger partial charge >= 0.3 is 0 Å². The van der Waals surface area contributed by atoms with E-state index in [1.54, 1.807) is 11.4 Å². The van der Waals surface area contributed by atoms with Crippen LogP contribution in [0.3, 0.4) is 0 Å². The maximum atomic E-state index is 11.6. The lowest BCUT2D eigenvalue weighted by molar-refractivity contribution is 0.267. The number of likely N-dealkylation sites (N-methyl/N-ethyl adjacent to an activating group) is 1. The van der Waals surface area contributed by atoms with Crippen molar-refractivity contribution < 1.29 is 13.2 Å².